The van der Waals surface area contributed by atoms with Gasteiger partial charge in [-0.25, -0.2) is 4.68 Å². The summed E-state index contributed by atoms with van der Waals surface area (Å²) in [6, 6.07) is 4.28. The first-order chi connectivity index (χ1) is 13.4. The Morgan fingerprint density at radius 1 is 1.29 bits per heavy atom. The molecule has 0 atom stereocenters. The average Bonchev–Trinajstić information content (AvgIpc) is 3.28. The largest absolute Gasteiger partial charge is 0.392 e. The second-order valence-electron chi connectivity index (χ2n) is 8.28. The van der Waals surface area contributed by atoms with Crippen molar-refractivity contribution in [1.29, 1.82) is 0 Å². The maximum atomic E-state index is 9.82. The third-order valence-corrected chi connectivity index (χ3v) is 7.31. The van der Waals surface area contributed by atoms with Crippen LogP contribution in [-0.4, -0.2) is 37.9 Å². The second-order valence-corrected chi connectivity index (χ2v) is 9.03. The molecule has 3 heterocycles. The molecule has 0 bridgehead atoms. The molecule has 1 spiro atoms. The third kappa shape index (κ3) is 3.33. The van der Waals surface area contributed by atoms with E-state index in [1.165, 1.54) is 11.3 Å². The van der Waals surface area contributed by atoms with E-state index in [1.807, 2.05) is 30.8 Å². The van der Waals surface area contributed by atoms with Crippen LogP contribution in [0.15, 0.2) is 36.7 Å². The van der Waals surface area contributed by atoms with Crippen molar-refractivity contribution in [3.05, 3.63) is 59.2 Å². The third-order valence-electron chi connectivity index (χ3n) is 6.19. The first kappa shape index (κ1) is 19.4. The first-order valence-electron chi connectivity index (χ1n) is 9.82. The normalized spacial score (nSPS) is 17.6. The molecule has 1 aliphatic carbocycles. The Kier molecular flexibility index (Phi) is 5.19. The molecule has 0 saturated carbocycles. The Labute approximate surface area is 174 Å². The molecule has 0 unspecified atom stereocenters. The number of aliphatic hydroxyl groups is 1. The summed E-state index contributed by atoms with van der Waals surface area (Å²) in [6.07, 6.45) is 8.14. The van der Waals surface area contributed by atoms with E-state index >= 15 is 0 Å². The SMILES string of the molecule is C=C(c1c(CO)cnn1C(Br)=C(C)C)N1CCC2(CC1)Cc1cccnc1C2. The van der Waals surface area contributed by atoms with Crippen LogP contribution in [0.1, 0.15) is 49.2 Å². The smallest absolute Gasteiger partial charge is 0.107 e. The van der Waals surface area contributed by atoms with Gasteiger partial charge < -0.3 is 10.0 Å². The lowest BCUT2D eigenvalue weighted by molar-refractivity contribution is 0.151. The van der Waals surface area contributed by atoms with Gasteiger partial charge in [0.25, 0.3) is 0 Å². The van der Waals surface area contributed by atoms with E-state index in [0.29, 0.717) is 5.41 Å². The molecule has 1 saturated heterocycles. The van der Waals surface area contributed by atoms with E-state index < -0.39 is 0 Å². The monoisotopic (exact) mass is 442 g/mol. The molecule has 148 valence electrons. The number of halogens is 1. The van der Waals surface area contributed by atoms with E-state index in [2.05, 4.69) is 43.6 Å². The molecule has 1 fully saturated rings. The summed E-state index contributed by atoms with van der Waals surface area (Å²) < 4.78 is 2.75. The van der Waals surface area contributed by atoms with Gasteiger partial charge in [0.1, 0.15) is 4.61 Å². The minimum absolute atomic E-state index is 0.0455. The van der Waals surface area contributed by atoms with E-state index in [0.717, 1.165) is 65.9 Å². The van der Waals surface area contributed by atoms with Crippen molar-refractivity contribution in [2.45, 2.75) is 46.1 Å². The number of aromatic nitrogens is 3. The van der Waals surface area contributed by atoms with Crippen molar-refractivity contribution in [3.63, 3.8) is 0 Å². The number of fused-ring (bicyclic) bond motifs is 1. The quantitative estimate of drug-likeness (QED) is 0.769. The molecule has 5 nitrogen and oxygen atoms in total. The van der Waals surface area contributed by atoms with E-state index in [-0.39, 0.29) is 6.61 Å². The van der Waals surface area contributed by atoms with E-state index in [4.69, 9.17) is 0 Å². The van der Waals surface area contributed by atoms with Crippen molar-refractivity contribution in [2.75, 3.05) is 13.1 Å². The van der Waals surface area contributed by atoms with Gasteiger partial charge in [0.15, 0.2) is 0 Å². The van der Waals surface area contributed by atoms with Crippen LogP contribution >= 0.6 is 15.9 Å². The fourth-order valence-electron chi connectivity index (χ4n) is 4.53. The van der Waals surface area contributed by atoms with Crippen LogP contribution < -0.4 is 0 Å². The number of hydrogen-bond donors (Lipinski definition) is 1. The highest BCUT2D eigenvalue weighted by Gasteiger charge is 2.41. The van der Waals surface area contributed by atoms with Crippen molar-refractivity contribution in [3.8, 4) is 0 Å². The number of rotatable bonds is 4. The van der Waals surface area contributed by atoms with Crippen LogP contribution in [0, 0.1) is 5.41 Å². The number of allylic oxidation sites excluding steroid dienone is 1. The molecule has 2 aliphatic rings. The Hall–Kier alpha value is -1.92. The lowest BCUT2D eigenvalue weighted by Crippen LogP contribution is -2.40. The predicted molar refractivity (Wildman–Crippen MR) is 116 cm³/mol. The molecule has 2 aromatic heterocycles. The standard InChI is InChI=1S/C22H27BrN4O/c1-15(2)21(23)27-20(18(14-28)13-25-27)16(3)26-9-6-22(7-10-26)11-17-5-4-8-24-19(17)12-22/h4-5,8,13,28H,3,6-7,9-12,14H2,1-2H3. The molecule has 1 N–H and O–H groups in total. The zero-order valence-electron chi connectivity index (χ0n) is 16.6. The number of hydrogen-bond acceptors (Lipinski definition) is 4. The highest BCUT2D eigenvalue weighted by Crippen LogP contribution is 2.45. The van der Waals surface area contributed by atoms with Crippen LogP contribution in [0.2, 0.25) is 0 Å². The zero-order chi connectivity index (χ0) is 19.9. The predicted octanol–water partition coefficient (Wildman–Crippen LogP) is 4.23. The molecule has 1 aliphatic heterocycles. The van der Waals surface area contributed by atoms with Crippen LogP contribution in [-0.2, 0) is 19.4 Å². The van der Waals surface area contributed by atoms with Gasteiger partial charge in [0.05, 0.1) is 24.2 Å². The lowest BCUT2D eigenvalue weighted by atomic mass is 9.76. The van der Waals surface area contributed by atoms with Gasteiger partial charge >= 0.3 is 0 Å². The molecular formula is C22H27BrN4O. The minimum atomic E-state index is -0.0455. The van der Waals surface area contributed by atoms with Gasteiger partial charge in [-0.3, -0.25) is 4.98 Å². The van der Waals surface area contributed by atoms with Crippen molar-refractivity contribution >= 4 is 26.2 Å². The van der Waals surface area contributed by atoms with Gasteiger partial charge in [-0.15, -0.1) is 0 Å². The topological polar surface area (TPSA) is 54.2 Å². The molecular weight excluding hydrogens is 416 g/mol. The maximum absolute atomic E-state index is 9.82. The second kappa shape index (κ2) is 7.48. The summed E-state index contributed by atoms with van der Waals surface area (Å²) in [5.41, 5.74) is 6.79. The van der Waals surface area contributed by atoms with Gasteiger partial charge in [-0.05, 0) is 78.1 Å². The molecule has 6 heteroatoms. The van der Waals surface area contributed by atoms with E-state index in [1.54, 1.807) is 6.20 Å². The van der Waals surface area contributed by atoms with Crippen molar-refractivity contribution in [2.24, 2.45) is 5.41 Å². The molecule has 0 radical (unpaired) electrons. The Morgan fingerprint density at radius 3 is 2.68 bits per heavy atom. The van der Waals surface area contributed by atoms with E-state index in [9.17, 15) is 5.11 Å². The van der Waals surface area contributed by atoms with Gasteiger partial charge in [0, 0.05) is 30.5 Å². The van der Waals surface area contributed by atoms with Crippen LogP contribution in [0.25, 0.3) is 10.3 Å². The van der Waals surface area contributed by atoms with Crippen LogP contribution in [0.5, 0.6) is 0 Å². The minimum Gasteiger partial charge on any atom is -0.392 e. The highest BCUT2D eigenvalue weighted by molar-refractivity contribution is 9.14. The van der Waals surface area contributed by atoms with Crippen molar-refractivity contribution < 1.29 is 5.11 Å². The molecule has 2 aromatic rings. The number of piperidine rings is 1. The summed E-state index contributed by atoms with van der Waals surface area (Å²) >= 11 is 3.63. The number of aliphatic hydroxyl groups excluding tert-OH is 1. The Balaban J connectivity index is 1.53. The van der Waals surface area contributed by atoms with Crippen molar-refractivity contribution in [1.82, 2.24) is 19.7 Å². The lowest BCUT2D eigenvalue weighted by Gasteiger charge is -2.41. The van der Waals surface area contributed by atoms with Gasteiger partial charge in [-0.2, -0.15) is 5.10 Å². The zero-order valence-corrected chi connectivity index (χ0v) is 18.2. The van der Waals surface area contributed by atoms with Gasteiger partial charge in [-0.1, -0.05) is 12.6 Å². The fraction of sp³-hybridized carbons (Fsp3) is 0.455. The Bertz CT molecular complexity index is 907. The molecule has 4 rings (SSSR count). The Morgan fingerprint density at radius 2 is 2.04 bits per heavy atom. The fourth-order valence-corrected chi connectivity index (χ4v) is 4.80. The molecule has 28 heavy (non-hydrogen) atoms. The maximum Gasteiger partial charge on any atom is 0.107 e. The highest BCUT2D eigenvalue weighted by atomic mass is 79.9. The molecule has 0 aromatic carbocycles. The summed E-state index contributed by atoms with van der Waals surface area (Å²) in [4.78, 5) is 6.94. The van der Waals surface area contributed by atoms with Gasteiger partial charge in [0.2, 0.25) is 0 Å². The summed E-state index contributed by atoms with van der Waals surface area (Å²) in [5, 5.41) is 14.3. The average molecular weight is 443 g/mol. The molecule has 0 amide bonds. The number of nitrogens with zero attached hydrogens (tertiary/aromatic N) is 4. The summed E-state index contributed by atoms with van der Waals surface area (Å²) in [5.74, 6) is 0. The number of pyridine rings is 1. The number of likely N-dealkylation sites (tertiary alicyclic amines) is 1. The van der Waals surface area contributed by atoms with Crippen LogP contribution in [0.4, 0.5) is 0 Å². The summed E-state index contributed by atoms with van der Waals surface area (Å²) in [7, 11) is 0. The first-order valence-corrected chi connectivity index (χ1v) is 10.6. The van der Waals surface area contributed by atoms with Crippen LogP contribution in [0.3, 0.4) is 0 Å². The summed E-state index contributed by atoms with van der Waals surface area (Å²) in [6.45, 7) is 10.3.